The standard InChI is InChI=1S/C20H24ClN3O3/c1-20(2,3)24-18(26)15(17(25)22-19(24)27)12-13-5-6-16-14(11-13)7-10-23(16)9-4-8-21/h5-6,11-12H,4,7-10H2,1-3H3,(H,22,25,27). The van der Waals surface area contributed by atoms with Crippen LogP contribution in [0.3, 0.4) is 0 Å². The van der Waals surface area contributed by atoms with Crippen molar-refractivity contribution in [2.75, 3.05) is 23.9 Å². The minimum atomic E-state index is -0.720. The highest BCUT2D eigenvalue weighted by Crippen LogP contribution is 2.30. The summed E-state index contributed by atoms with van der Waals surface area (Å²) in [5.74, 6) is -0.591. The van der Waals surface area contributed by atoms with Gasteiger partial charge in [-0.25, -0.2) is 4.79 Å². The Bertz CT molecular complexity index is 826. The van der Waals surface area contributed by atoms with Crippen LogP contribution in [0.1, 0.15) is 38.3 Å². The van der Waals surface area contributed by atoms with E-state index in [0.717, 1.165) is 36.4 Å². The summed E-state index contributed by atoms with van der Waals surface area (Å²) in [6.45, 7) is 7.12. The molecule has 3 rings (SSSR count). The van der Waals surface area contributed by atoms with Gasteiger partial charge in [0.2, 0.25) is 0 Å². The number of carbonyl (C=O) groups is 3. The van der Waals surface area contributed by atoms with Gasteiger partial charge in [0.05, 0.1) is 0 Å². The molecule has 144 valence electrons. The molecule has 1 aromatic carbocycles. The minimum Gasteiger partial charge on any atom is -0.371 e. The van der Waals surface area contributed by atoms with Gasteiger partial charge in [-0.05, 0) is 62.9 Å². The molecule has 2 aliphatic heterocycles. The molecule has 1 N–H and O–H groups in total. The van der Waals surface area contributed by atoms with E-state index < -0.39 is 23.4 Å². The molecular weight excluding hydrogens is 366 g/mol. The van der Waals surface area contributed by atoms with Crippen molar-refractivity contribution < 1.29 is 14.4 Å². The lowest BCUT2D eigenvalue weighted by atomic mass is 10.00. The van der Waals surface area contributed by atoms with Crippen LogP contribution in [0.2, 0.25) is 0 Å². The number of amides is 4. The maximum Gasteiger partial charge on any atom is 0.331 e. The zero-order valence-electron chi connectivity index (χ0n) is 15.8. The largest absolute Gasteiger partial charge is 0.371 e. The predicted octanol–water partition coefficient (Wildman–Crippen LogP) is 2.94. The first-order chi connectivity index (χ1) is 12.7. The van der Waals surface area contributed by atoms with Gasteiger partial charge in [0.25, 0.3) is 11.8 Å². The van der Waals surface area contributed by atoms with Gasteiger partial charge in [0.1, 0.15) is 5.57 Å². The van der Waals surface area contributed by atoms with E-state index in [9.17, 15) is 14.4 Å². The lowest BCUT2D eigenvalue weighted by Gasteiger charge is -2.36. The monoisotopic (exact) mass is 389 g/mol. The number of rotatable bonds is 4. The number of benzene rings is 1. The van der Waals surface area contributed by atoms with Gasteiger partial charge in [0, 0.05) is 30.2 Å². The number of nitrogens with one attached hydrogen (secondary N) is 1. The smallest absolute Gasteiger partial charge is 0.331 e. The maximum atomic E-state index is 12.8. The number of urea groups is 1. The zero-order chi connectivity index (χ0) is 19.8. The summed E-state index contributed by atoms with van der Waals surface area (Å²) >= 11 is 5.79. The fourth-order valence-corrected chi connectivity index (χ4v) is 3.62. The Morgan fingerprint density at radius 2 is 1.96 bits per heavy atom. The number of carbonyl (C=O) groups excluding carboxylic acids is 3. The molecule has 1 fully saturated rings. The molecule has 0 saturated carbocycles. The van der Waals surface area contributed by atoms with Crippen molar-refractivity contribution in [3.05, 3.63) is 34.9 Å². The van der Waals surface area contributed by atoms with Crippen LogP contribution < -0.4 is 10.2 Å². The molecule has 0 unspecified atom stereocenters. The molecule has 27 heavy (non-hydrogen) atoms. The van der Waals surface area contributed by atoms with Crippen LogP contribution in [0.5, 0.6) is 0 Å². The fourth-order valence-electron chi connectivity index (χ4n) is 3.50. The van der Waals surface area contributed by atoms with Crippen molar-refractivity contribution in [2.45, 2.75) is 39.2 Å². The van der Waals surface area contributed by atoms with Crippen LogP contribution in [-0.4, -0.2) is 47.3 Å². The molecule has 2 heterocycles. The second kappa shape index (κ2) is 7.35. The van der Waals surface area contributed by atoms with Gasteiger partial charge in [-0.1, -0.05) is 6.07 Å². The van der Waals surface area contributed by atoms with Gasteiger partial charge >= 0.3 is 6.03 Å². The van der Waals surface area contributed by atoms with E-state index in [0.29, 0.717) is 5.88 Å². The molecule has 6 nitrogen and oxygen atoms in total. The van der Waals surface area contributed by atoms with Crippen molar-refractivity contribution >= 4 is 41.2 Å². The number of barbiturate groups is 1. The topological polar surface area (TPSA) is 69.7 Å². The van der Waals surface area contributed by atoms with Crippen LogP contribution in [-0.2, 0) is 16.0 Å². The Kier molecular flexibility index (Phi) is 5.29. The van der Waals surface area contributed by atoms with E-state index in [2.05, 4.69) is 10.2 Å². The zero-order valence-corrected chi connectivity index (χ0v) is 16.6. The van der Waals surface area contributed by atoms with Gasteiger partial charge in [0.15, 0.2) is 0 Å². The SMILES string of the molecule is CC(C)(C)N1C(=O)NC(=O)C(=Cc2ccc3c(c2)CCN3CCCCl)C1=O. The third-order valence-corrected chi connectivity index (χ3v) is 5.01. The first-order valence-electron chi connectivity index (χ1n) is 9.08. The molecule has 4 amide bonds. The quantitative estimate of drug-likeness (QED) is 0.488. The van der Waals surface area contributed by atoms with Gasteiger partial charge < -0.3 is 4.90 Å². The average molecular weight is 390 g/mol. The number of nitrogens with zero attached hydrogens (tertiary/aromatic N) is 2. The van der Waals surface area contributed by atoms with E-state index in [1.54, 1.807) is 26.8 Å². The summed E-state index contributed by atoms with van der Waals surface area (Å²) in [5, 5.41) is 2.26. The maximum absolute atomic E-state index is 12.8. The normalized spacial score (nSPS) is 19.0. The summed E-state index contributed by atoms with van der Waals surface area (Å²) < 4.78 is 0. The Morgan fingerprint density at radius 1 is 1.22 bits per heavy atom. The van der Waals surface area contributed by atoms with E-state index in [4.69, 9.17) is 11.6 Å². The molecule has 0 spiro atoms. The lowest BCUT2D eigenvalue weighted by molar-refractivity contribution is -0.133. The molecule has 1 saturated heterocycles. The van der Waals surface area contributed by atoms with Crippen LogP contribution >= 0.6 is 11.6 Å². The number of halogens is 1. The third-order valence-electron chi connectivity index (χ3n) is 4.74. The first-order valence-corrected chi connectivity index (χ1v) is 9.61. The van der Waals surface area contributed by atoms with Crippen molar-refractivity contribution in [3.63, 3.8) is 0 Å². The van der Waals surface area contributed by atoms with Crippen molar-refractivity contribution in [1.29, 1.82) is 0 Å². The van der Waals surface area contributed by atoms with E-state index >= 15 is 0 Å². The van der Waals surface area contributed by atoms with Crippen LogP contribution in [0.25, 0.3) is 6.08 Å². The Balaban J connectivity index is 1.89. The lowest BCUT2D eigenvalue weighted by Crippen LogP contribution is -2.60. The highest BCUT2D eigenvalue weighted by atomic mass is 35.5. The van der Waals surface area contributed by atoms with Crippen molar-refractivity contribution in [3.8, 4) is 0 Å². The summed E-state index contributed by atoms with van der Waals surface area (Å²) in [6.07, 6.45) is 3.41. The summed E-state index contributed by atoms with van der Waals surface area (Å²) in [7, 11) is 0. The molecular formula is C20H24ClN3O3. The third kappa shape index (κ3) is 3.86. The number of hydrogen-bond acceptors (Lipinski definition) is 4. The second-order valence-electron chi connectivity index (χ2n) is 7.80. The summed E-state index contributed by atoms with van der Waals surface area (Å²) in [4.78, 5) is 40.4. The van der Waals surface area contributed by atoms with E-state index in [-0.39, 0.29) is 5.57 Å². The number of hydrogen-bond donors (Lipinski definition) is 1. The fraction of sp³-hybridized carbons (Fsp3) is 0.450. The number of alkyl halides is 1. The first kappa shape index (κ1) is 19.4. The van der Waals surface area contributed by atoms with E-state index in [1.807, 2.05) is 18.2 Å². The molecule has 0 bridgehead atoms. The minimum absolute atomic E-state index is 0.0264. The Hall–Kier alpha value is -2.34. The second-order valence-corrected chi connectivity index (χ2v) is 8.17. The van der Waals surface area contributed by atoms with Crippen LogP contribution in [0.4, 0.5) is 10.5 Å². The molecule has 2 aliphatic rings. The van der Waals surface area contributed by atoms with Crippen LogP contribution in [0, 0.1) is 0 Å². The highest BCUT2D eigenvalue weighted by molar-refractivity contribution is 6.31. The molecule has 0 aromatic heterocycles. The van der Waals surface area contributed by atoms with Gasteiger partial charge in [-0.3, -0.25) is 19.8 Å². The molecule has 0 atom stereocenters. The number of imide groups is 2. The molecule has 7 heteroatoms. The van der Waals surface area contributed by atoms with Crippen LogP contribution in [0.15, 0.2) is 23.8 Å². The molecule has 0 aliphatic carbocycles. The molecule has 1 aromatic rings. The van der Waals surface area contributed by atoms with E-state index in [1.165, 1.54) is 11.3 Å². The summed E-state index contributed by atoms with van der Waals surface area (Å²) in [5.41, 5.74) is 2.39. The predicted molar refractivity (Wildman–Crippen MR) is 106 cm³/mol. The molecule has 0 radical (unpaired) electrons. The Labute approximate surface area is 164 Å². The highest BCUT2D eigenvalue weighted by Gasteiger charge is 2.41. The van der Waals surface area contributed by atoms with Crippen molar-refractivity contribution in [1.82, 2.24) is 10.2 Å². The number of anilines is 1. The Morgan fingerprint density at radius 3 is 2.63 bits per heavy atom. The van der Waals surface area contributed by atoms with Crippen molar-refractivity contribution in [2.24, 2.45) is 0 Å². The summed E-state index contributed by atoms with van der Waals surface area (Å²) in [6, 6.07) is 5.23. The average Bonchev–Trinajstić information content (AvgIpc) is 2.97. The number of fused-ring (bicyclic) bond motifs is 1. The van der Waals surface area contributed by atoms with Gasteiger partial charge in [-0.2, -0.15) is 0 Å². The van der Waals surface area contributed by atoms with Gasteiger partial charge in [-0.15, -0.1) is 11.6 Å².